The summed E-state index contributed by atoms with van der Waals surface area (Å²) in [6, 6.07) is -2.45. The molecule has 0 aliphatic heterocycles. The number of nitrogens with two attached hydrogens (primary N) is 1. The molecule has 7 nitrogen and oxygen atoms in total. The minimum Gasteiger partial charge on any atom is -0.480 e. The Morgan fingerprint density at radius 3 is 2.16 bits per heavy atom. The van der Waals surface area contributed by atoms with Crippen molar-refractivity contribution in [3.63, 3.8) is 0 Å². The van der Waals surface area contributed by atoms with E-state index in [-0.39, 0.29) is 17.7 Å². The maximum atomic E-state index is 12.6. The molecule has 5 N–H and O–H groups in total. The topological polar surface area (TPSA) is 122 Å². The molecule has 0 fully saturated rings. The Hall–Kier alpha value is -1.28. The molecular weight excluding hydrogens is 342 g/mol. The molecule has 0 spiro atoms. The van der Waals surface area contributed by atoms with Gasteiger partial charge in [0.25, 0.3) is 0 Å². The van der Waals surface area contributed by atoms with Crippen LogP contribution in [0.2, 0.25) is 0 Å². The summed E-state index contributed by atoms with van der Waals surface area (Å²) in [4.78, 5) is 36.2. The van der Waals surface area contributed by atoms with Gasteiger partial charge in [-0.1, -0.05) is 34.1 Å². The van der Waals surface area contributed by atoms with Crippen LogP contribution in [-0.4, -0.2) is 53.0 Å². The predicted molar refractivity (Wildman–Crippen MR) is 101 cm³/mol. The minimum atomic E-state index is -1.08. The second-order valence-electron chi connectivity index (χ2n) is 6.79. The van der Waals surface area contributed by atoms with E-state index >= 15 is 0 Å². The summed E-state index contributed by atoms with van der Waals surface area (Å²) in [5.41, 5.74) is 5.85. The number of carboxylic acids is 1. The normalized spacial score (nSPS) is 16.0. The average molecular weight is 376 g/mol. The van der Waals surface area contributed by atoms with E-state index < -0.39 is 30.0 Å². The molecule has 0 heterocycles. The highest BCUT2D eigenvalue weighted by Gasteiger charge is 2.30. The smallest absolute Gasteiger partial charge is 0.326 e. The van der Waals surface area contributed by atoms with E-state index in [1.807, 2.05) is 27.0 Å². The van der Waals surface area contributed by atoms with Crippen molar-refractivity contribution in [3.05, 3.63) is 0 Å². The number of carbonyl (C=O) groups excluding carboxylic acids is 2. The Morgan fingerprint density at radius 2 is 1.72 bits per heavy atom. The third-order valence-corrected chi connectivity index (χ3v) is 4.73. The van der Waals surface area contributed by atoms with E-state index in [0.29, 0.717) is 19.3 Å². The molecule has 0 rings (SSSR count). The first-order valence-corrected chi connectivity index (χ1v) is 10.1. The summed E-state index contributed by atoms with van der Waals surface area (Å²) in [5.74, 6) is -1.23. The molecule has 0 bridgehead atoms. The van der Waals surface area contributed by atoms with Gasteiger partial charge in [0, 0.05) is 0 Å². The third-order valence-electron chi connectivity index (χ3n) is 4.09. The zero-order chi connectivity index (χ0) is 19.6. The number of rotatable bonds is 12. The highest BCUT2D eigenvalue weighted by molar-refractivity contribution is 7.98. The summed E-state index contributed by atoms with van der Waals surface area (Å²) in [6.07, 6.45) is 3.49. The minimum absolute atomic E-state index is 0.158. The molecule has 0 saturated heterocycles. The van der Waals surface area contributed by atoms with Crippen molar-refractivity contribution >= 4 is 29.5 Å². The Kier molecular flexibility index (Phi) is 11.5. The van der Waals surface area contributed by atoms with E-state index in [4.69, 9.17) is 5.73 Å². The molecule has 0 aromatic rings. The Bertz CT molecular complexity index is 446. The average Bonchev–Trinajstić information content (AvgIpc) is 2.54. The first-order valence-electron chi connectivity index (χ1n) is 8.72. The molecule has 4 atom stereocenters. The van der Waals surface area contributed by atoms with Crippen molar-refractivity contribution in [2.45, 2.75) is 65.1 Å². The van der Waals surface area contributed by atoms with Gasteiger partial charge < -0.3 is 21.5 Å². The van der Waals surface area contributed by atoms with Gasteiger partial charge in [0.15, 0.2) is 0 Å². The quantitative estimate of drug-likeness (QED) is 0.407. The molecule has 0 saturated carbocycles. The molecule has 8 heteroatoms. The van der Waals surface area contributed by atoms with Gasteiger partial charge in [-0.2, -0.15) is 11.8 Å². The largest absolute Gasteiger partial charge is 0.480 e. The van der Waals surface area contributed by atoms with Gasteiger partial charge in [-0.05, 0) is 36.7 Å². The van der Waals surface area contributed by atoms with Crippen molar-refractivity contribution in [2.75, 3.05) is 12.0 Å². The maximum absolute atomic E-state index is 12.6. The van der Waals surface area contributed by atoms with Gasteiger partial charge >= 0.3 is 5.97 Å². The van der Waals surface area contributed by atoms with E-state index in [1.165, 1.54) is 0 Å². The van der Waals surface area contributed by atoms with Crippen LogP contribution in [0.25, 0.3) is 0 Å². The van der Waals surface area contributed by atoms with Crippen LogP contribution < -0.4 is 16.4 Å². The molecule has 0 aromatic carbocycles. The molecular formula is C17H33N3O4S. The summed E-state index contributed by atoms with van der Waals surface area (Å²) in [6.45, 7) is 7.51. The van der Waals surface area contributed by atoms with Gasteiger partial charge in [0.1, 0.15) is 12.1 Å². The lowest BCUT2D eigenvalue weighted by Crippen LogP contribution is -2.56. The van der Waals surface area contributed by atoms with E-state index in [2.05, 4.69) is 10.6 Å². The van der Waals surface area contributed by atoms with E-state index in [0.717, 1.165) is 5.75 Å². The lowest BCUT2D eigenvalue weighted by Gasteiger charge is -2.26. The number of thioether (sulfide) groups is 1. The van der Waals surface area contributed by atoms with Gasteiger partial charge in [0.05, 0.1) is 6.04 Å². The highest BCUT2D eigenvalue weighted by Crippen LogP contribution is 2.11. The Morgan fingerprint density at radius 1 is 1.12 bits per heavy atom. The second kappa shape index (κ2) is 12.1. The van der Waals surface area contributed by atoms with Gasteiger partial charge in [-0.3, -0.25) is 9.59 Å². The molecule has 0 aromatic heterocycles. The summed E-state index contributed by atoms with van der Waals surface area (Å²) in [7, 11) is 0. The van der Waals surface area contributed by atoms with Crippen LogP contribution in [0.5, 0.6) is 0 Å². The van der Waals surface area contributed by atoms with Crippen LogP contribution in [0.4, 0.5) is 0 Å². The lowest BCUT2D eigenvalue weighted by atomic mass is 9.97. The van der Waals surface area contributed by atoms with Crippen LogP contribution in [0, 0.1) is 11.8 Å². The number of carbonyl (C=O) groups is 3. The van der Waals surface area contributed by atoms with E-state index in [9.17, 15) is 19.5 Å². The Labute approximate surface area is 154 Å². The fourth-order valence-corrected chi connectivity index (χ4v) is 2.78. The molecule has 0 aliphatic rings. The molecule has 0 unspecified atom stereocenters. The summed E-state index contributed by atoms with van der Waals surface area (Å²) >= 11 is 1.60. The molecule has 2 amide bonds. The van der Waals surface area contributed by atoms with Gasteiger partial charge in [-0.25, -0.2) is 4.79 Å². The van der Waals surface area contributed by atoms with Gasteiger partial charge in [0.2, 0.25) is 11.8 Å². The fraction of sp³-hybridized carbons (Fsp3) is 0.824. The number of aliphatic carboxylic acids is 1. The third kappa shape index (κ3) is 9.11. The van der Waals surface area contributed by atoms with Crippen molar-refractivity contribution in [2.24, 2.45) is 17.6 Å². The zero-order valence-corrected chi connectivity index (χ0v) is 16.7. The number of nitrogens with one attached hydrogen (secondary N) is 2. The zero-order valence-electron chi connectivity index (χ0n) is 15.9. The number of carboxylic acid groups (broad SMARTS) is 1. The SMILES string of the molecule is CC[C@H](C)[C@H](NC(=O)[C@H](CC(C)C)NC(=O)[C@@H](N)CCSC)C(=O)O. The first kappa shape index (κ1) is 23.7. The lowest BCUT2D eigenvalue weighted by molar-refractivity contribution is -0.143. The number of hydrogen-bond donors (Lipinski definition) is 4. The monoisotopic (exact) mass is 375 g/mol. The fourth-order valence-electron chi connectivity index (χ4n) is 2.29. The second-order valence-corrected chi connectivity index (χ2v) is 7.77. The standard InChI is InChI=1S/C17H33N3O4S/c1-6-11(4)14(17(23)24)20-16(22)13(9-10(2)3)19-15(21)12(18)7-8-25-5/h10-14H,6-9,18H2,1-5H3,(H,19,21)(H,20,22)(H,23,24)/t11-,12-,13-,14-/m0/s1. The number of amides is 2. The summed E-state index contributed by atoms with van der Waals surface area (Å²) in [5, 5.41) is 14.6. The van der Waals surface area contributed by atoms with Gasteiger partial charge in [-0.15, -0.1) is 0 Å². The van der Waals surface area contributed by atoms with Crippen molar-refractivity contribution in [1.29, 1.82) is 0 Å². The first-order chi connectivity index (χ1) is 11.6. The molecule has 146 valence electrons. The van der Waals surface area contributed by atoms with Crippen LogP contribution in [0.3, 0.4) is 0 Å². The van der Waals surface area contributed by atoms with Crippen molar-refractivity contribution < 1.29 is 19.5 Å². The van der Waals surface area contributed by atoms with Crippen LogP contribution >= 0.6 is 11.8 Å². The van der Waals surface area contributed by atoms with Crippen molar-refractivity contribution in [1.82, 2.24) is 10.6 Å². The van der Waals surface area contributed by atoms with E-state index in [1.54, 1.807) is 18.7 Å². The summed E-state index contributed by atoms with van der Waals surface area (Å²) < 4.78 is 0. The van der Waals surface area contributed by atoms with Crippen LogP contribution in [0.15, 0.2) is 0 Å². The molecule has 0 aliphatic carbocycles. The predicted octanol–water partition coefficient (Wildman–Crippen LogP) is 1.21. The molecule has 0 radical (unpaired) electrons. The number of hydrogen-bond acceptors (Lipinski definition) is 5. The highest BCUT2D eigenvalue weighted by atomic mass is 32.2. The van der Waals surface area contributed by atoms with Crippen LogP contribution in [-0.2, 0) is 14.4 Å². The maximum Gasteiger partial charge on any atom is 0.326 e. The van der Waals surface area contributed by atoms with Crippen LogP contribution in [0.1, 0.15) is 47.0 Å². The van der Waals surface area contributed by atoms with Crippen molar-refractivity contribution in [3.8, 4) is 0 Å². The Balaban J connectivity index is 5.02. The molecule has 25 heavy (non-hydrogen) atoms.